The van der Waals surface area contributed by atoms with Gasteiger partial charge in [0, 0.05) is 11.1 Å². The second kappa shape index (κ2) is 8.06. The number of ether oxygens (including phenoxy) is 3. The summed E-state index contributed by atoms with van der Waals surface area (Å²) in [4.78, 5) is -0.180. The van der Waals surface area contributed by atoms with Crippen LogP contribution in [0.25, 0.3) is 11.3 Å². The average molecular weight is 452 g/mol. The Kier molecular flexibility index (Phi) is 5.44. The number of hydrogen-bond donors (Lipinski definition) is 1. The van der Waals surface area contributed by atoms with Crippen LogP contribution in [-0.2, 0) is 22.9 Å². The van der Waals surface area contributed by atoms with Crippen LogP contribution in [0.15, 0.2) is 45.8 Å². The number of rotatable bonds is 7. The Balaban J connectivity index is 1.72. The standard InChI is InChI=1S/C20H18F2N2O6S/c1-27-15-4-3-5-16(28-2)18(15)31(25,26)24-19-13-9-7-11-6-8-12(29-20(21)22)10-14(11)17(13)30-23-19/h3-6,8,10,20H,7,9H2,1-2H3,(H,23,24). The minimum atomic E-state index is -4.15. The molecule has 1 N–H and O–H groups in total. The summed E-state index contributed by atoms with van der Waals surface area (Å²) in [6.45, 7) is -2.96. The maximum atomic E-state index is 13.1. The van der Waals surface area contributed by atoms with Crippen LogP contribution >= 0.6 is 0 Å². The zero-order valence-corrected chi connectivity index (χ0v) is 17.3. The highest BCUT2D eigenvalue weighted by atomic mass is 32.2. The number of fused-ring (bicyclic) bond motifs is 3. The van der Waals surface area contributed by atoms with Gasteiger partial charge < -0.3 is 18.7 Å². The molecule has 1 aliphatic rings. The lowest BCUT2D eigenvalue weighted by Gasteiger charge is -2.17. The SMILES string of the molecule is COc1cccc(OC)c1S(=O)(=O)Nc1noc2c1CCc1ccc(OC(F)F)cc1-2. The molecule has 0 spiro atoms. The van der Waals surface area contributed by atoms with Gasteiger partial charge in [-0.05, 0) is 42.7 Å². The highest BCUT2D eigenvalue weighted by Gasteiger charge is 2.30. The van der Waals surface area contributed by atoms with Gasteiger partial charge in [-0.25, -0.2) is 8.42 Å². The summed E-state index contributed by atoms with van der Waals surface area (Å²) in [6.07, 6.45) is 0.993. The van der Waals surface area contributed by atoms with Crippen molar-refractivity contribution in [3.8, 4) is 28.6 Å². The first-order valence-electron chi connectivity index (χ1n) is 9.14. The summed E-state index contributed by atoms with van der Waals surface area (Å²) in [7, 11) is -1.45. The van der Waals surface area contributed by atoms with Crippen LogP contribution in [0.1, 0.15) is 11.1 Å². The number of alkyl halides is 2. The van der Waals surface area contributed by atoms with Gasteiger partial charge in [0.15, 0.2) is 16.5 Å². The zero-order valence-electron chi connectivity index (χ0n) is 16.5. The first-order chi connectivity index (χ1) is 14.8. The molecule has 0 saturated heterocycles. The van der Waals surface area contributed by atoms with E-state index in [1.807, 2.05) is 0 Å². The molecule has 0 bridgehead atoms. The number of hydrogen-bond acceptors (Lipinski definition) is 7. The summed E-state index contributed by atoms with van der Waals surface area (Å²) >= 11 is 0. The fourth-order valence-electron chi connectivity index (χ4n) is 3.51. The lowest BCUT2D eigenvalue weighted by atomic mass is 9.90. The highest BCUT2D eigenvalue weighted by Crippen LogP contribution is 2.41. The van der Waals surface area contributed by atoms with Crippen molar-refractivity contribution in [3.63, 3.8) is 0 Å². The molecule has 3 aromatic rings. The van der Waals surface area contributed by atoms with Gasteiger partial charge in [0.25, 0.3) is 10.0 Å². The molecule has 8 nitrogen and oxygen atoms in total. The van der Waals surface area contributed by atoms with E-state index in [9.17, 15) is 17.2 Å². The molecule has 2 aromatic carbocycles. The second-order valence-electron chi connectivity index (χ2n) is 6.63. The number of benzene rings is 2. The monoisotopic (exact) mass is 452 g/mol. The number of aromatic nitrogens is 1. The van der Waals surface area contributed by atoms with Crippen molar-refractivity contribution >= 4 is 15.8 Å². The largest absolute Gasteiger partial charge is 0.495 e. The van der Waals surface area contributed by atoms with Gasteiger partial charge in [-0.1, -0.05) is 17.3 Å². The molecule has 164 valence electrons. The number of sulfonamides is 1. The van der Waals surface area contributed by atoms with Crippen molar-refractivity contribution in [1.82, 2.24) is 5.16 Å². The number of aryl methyl sites for hydroxylation is 1. The topological polar surface area (TPSA) is 99.9 Å². The highest BCUT2D eigenvalue weighted by molar-refractivity contribution is 7.93. The summed E-state index contributed by atoms with van der Waals surface area (Å²) in [5.41, 5.74) is 1.89. The number of methoxy groups -OCH3 is 2. The molecule has 0 fully saturated rings. The van der Waals surface area contributed by atoms with Crippen LogP contribution < -0.4 is 18.9 Å². The molecule has 0 saturated carbocycles. The Labute approximate surface area is 176 Å². The predicted octanol–water partition coefficient (Wildman–Crippen LogP) is 3.86. The molecule has 1 aliphatic carbocycles. The van der Waals surface area contributed by atoms with E-state index < -0.39 is 16.6 Å². The number of nitrogens with one attached hydrogen (secondary N) is 1. The smallest absolute Gasteiger partial charge is 0.387 e. The van der Waals surface area contributed by atoms with Gasteiger partial charge in [0.1, 0.15) is 17.2 Å². The molecule has 0 atom stereocenters. The normalized spacial score (nSPS) is 12.8. The van der Waals surface area contributed by atoms with Crippen molar-refractivity contribution in [2.45, 2.75) is 24.3 Å². The third kappa shape index (κ3) is 3.88. The van der Waals surface area contributed by atoms with E-state index in [2.05, 4.69) is 14.6 Å². The van der Waals surface area contributed by atoms with Crippen LogP contribution in [0.2, 0.25) is 0 Å². The molecule has 11 heteroatoms. The van der Waals surface area contributed by atoms with E-state index in [4.69, 9.17) is 14.0 Å². The summed E-state index contributed by atoms with van der Waals surface area (Å²) in [5.74, 6) is 0.477. The summed E-state index contributed by atoms with van der Waals surface area (Å²) in [5, 5.41) is 3.87. The molecular formula is C20H18F2N2O6S. The first-order valence-corrected chi connectivity index (χ1v) is 10.6. The molecule has 31 heavy (non-hydrogen) atoms. The van der Waals surface area contributed by atoms with Gasteiger partial charge in [0.05, 0.1) is 14.2 Å². The molecule has 0 unspecified atom stereocenters. The number of nitrogens with zero attached hydrogens (tertiary/aromatic N) is 1. The fourth-order valence-corrected chi connectivity index (χ4v) is 4.86. The molecule has 4 rings (SSSR count). The lowest BCUT2D eigenvalue weighted by molar-refractivity contribution is -0.0498. The molecular weight excluding hydrogens is 434 g/mol. The van der Waals surface area contributed by atoms with E-state index in [0.717, 1.165) is 5.56 Å². The second-order valence-corrected chi connectivity index (χ2v) is 8.25. The van der Waals surface area contributed by atoms with Crippen LogP contribution in [0.3, 0.4) is 0 Å². The van der Waals surface area contributed by atoms with Crippen molar-refractivity contribution in [2.24, 2.45) is 0 Å². The Morgan fingerprint density at radius 3 is 2.45 bits per heavy atom. The van der Waals surface area contributed by atoms with Crippen LogP contribution in [0, 0.1) is 0 Å². The van der Waals surface area contributed by atoms with E-state index in [1.165, 1.54) is 38.5 Å². The molecule has 1 heterocycles. The van der Waals surface area contributed by atoms with Gasteiger partial charge in [-0.2, -0.15) is 8.78 Å². The number of anilines is 1. The van der Waals surface area contributed by atoms with E-state index in [0.29, 0.717) is 29.7 Å². The van der Waals surface area contributed by atoms with Crippen molar-refractivity contribution in [1.29, 1.82) is 0 Å². The number of halogens is 2. The summed E-state index contributed by atoms with van der Waals surface area (Å²) in [6, 6.07) is 9.13. The first kappa shape index (κ1) is 20.9. The predicted molar refractivity (Wildman–Crippen MR) is 106 cm³/mol. The maximum Gasteiger partial charge on any atom is 0.387 e. The lowest BCUT2D eigenvalue weighted by Crippen LogP contribution is -2.17. The molecule has 0 radical (unpaired) electrons. The van der Waals surface area contributed by atoms with Gasteiger partial charge >= 0.3 is 6.61 Å². The Bertz CT molecular complexity index is 1200. The van der Waals surface area contributed by atoms with E-state index in [-0.39, 0.29) is 28.0 Å². The van der Waals surface area contributed by atoms with Crippen LogP contribution in [-0.4, -0.2) is 34.4 Å². The van der Waals surface area contributed by atoms with Crippen LogP contribution in [0.5, 0.6) is 17.2 Å². The molecule has 0 amide bonds. The van der Waals surface area contributed by atoms with Crippen molar-refractivity contribution in [2.75, 3.05) is 18.9 Å². The molecule has 0 aliphatic heterocycles. The van der Waals surface area contributed by atoms with Crippen LogP contribution in [0.4, 0.5) is 14.6 Å². The summed E-state index contributed by atoms with van der Waals surface area (Å²) < 4.78 is 74.0. The Morgan fingerprint density at radius 2 is 1.81 bits per heavy atom. The van der Waals surface area contributed by atoms with Crippen molar-refractivity contribution in [3.05, 3.63) is 47.5 Å². The fraction of sp³-hybridized carbons (Fsp3) is 0.250. The third-order valence-corrected chi connectivity index (χ3v) is 6.27. The minimum Gasteiger partial charge on any atom is -0.495 e. The van der Waals surface area contributed by atoms with E-state index in [1.54, 1.807) is 12.1 Å². The Hall–Kier alpha value is -3.34. The zero-order chi connectivity index (χ0) is 22.2. The minimum absolute atomic E-state index is 0.00814. The van der Waals surface area contributed by atoms with Crippen molar-refractivity contribution < 1.29 is 35.9 Å². The Morgan fingerprint density at radius 1 is 1.10 bits per heavy atom. The van der Waals surface area contributed by atoms with E-state index >= 15 is 0 Å². The third-order valence-electron chi connectivity index (χ3n) is 4.87. The maximum absolute atomic E-state index is 13.1. The quantitative estimate of drug-likeness (QED) is 0.581. The average Bonchev–Trinajstić information content (AvgIpc) is 3.15. The molecule has 1 aromatic heterocycles. The van der Waals surface area contributed by atoms with Gasteiger partial charge in [-0.3, -0.25) is 4.72 Å². The van der Waals surface area contributed by atoms with Gasteiger partial charge in [0.2, 0.25) is 0 Å². The van der Waals surface area contributed by atoms with Gasteiger partial charge in [-0.15, -0.1) is 0 Å².